The van der Waals surface area contributed by atoms with Crippen LogP contribution in [0.4, 0.5) is 0 Å². The van der Waals surface area contributed by atoms with Crippen LogP contribution < -0.4 is 5.73 Å². The number of Topliss-reactive ketones (excluding diaryl/α,β-unsaturated/α-hetero) is 1. The standard InChI is InChI=1S/C11H11Cl2NO/c12-8-1-2-9(13)7(5-8)6-10(15)11(14)3-4-11/h1-2,5H,3-4,6,14H2. The van der Waals surface area contributed by atoms with Gasteiger partial charge in [-0.15, -0.1) is 0 Å². The van der Waals surface area contributed by atoms with E-state index in [0.717, 1.165) is 18.4 Å². The van der Waals surface area contributed by atoms with Gasteiger partial charge in [0, 0.05) is 16.5 Å². The molecular weight excluding hydrogens is 233 g/mol. The second-order valence-electron chi connectivity index (χ2n) is 3.99. The number of carbonyl (C=O) groups is 1. The van der Waals surface area contributed by atoms with Gasteiger partial charge in [0.1, 0.15) is 0 Å². The maximum Gasteiger partial charge on any atom is 0.157 e. The second-order valence-corrected chi connectivity index (χ2v) is 4.84. The van der Waals surface area contributed by atoms with Crippen LogP contribution in [0.3, 0.4) is 0 Å². The van der Waals surface area contributed by atoms with E-state index in [0.29, 0.717) is 10.0 Å². The molecule has 0 bridgehead atoms. The van der Waals surface area contributed by atoms with Crippen LogP contribution in [-0.4, -0.2) is 11.3 Å². The van der Waals surface area contributed by atoms with Crippen LogP contribution in [-0.2, 0) is 11.2 Å². The molecule has 4 heteroatoms. The van der Waals surface area contributed by atoms with E-state index >= 15 is 0 Å². The molecule has 2 rings (SSSR count). The van der Waals surface area contributed by atoms with Crippen LogP contribution in [0.25, 0.3) is 0 Å². The first-order valence-corrected chi connectivity index (χ1v) is 5.53. The summed E-state index contributed by atoms with van der Waals surface area (Å²) in [6, 6.07) is 5.11. The molecule has 15 heavy (non-hydrogen) atoms. The lowest BCUT2D eigenvalue weighted by molar-refractivity contribution is -0.120. The zero-order chi connectivity index (χ0) is 11.1. The molecule has 1 saturated carbocycles. The number of hydrogen-bond acceptors (Lipinski definition) is 2. The van der Waals surface area contributed by atoms with Gasteiger partial charge in [-0.25, -0.2) is 0 Å². The minimum Gasteiger partial charge on any atom is -0.319 e. The monoisotopic (exact) mass is 243 g/mol. The molecule has 1 aromatic carbocycles. The zero-order valence-corrected chi connectivity index (χ0v) is 9.61. The number of halogens is 2. The fourth-order valence-electron chi connectivity index (χ4n) is 1.44. The summed E-state index contributed by atoms with van der Waals surface area (Å²) in [7, 11) is 0. The molecule has 1 aliphatic rings. The predicted molar refractivity (Wildman–Crippen MR) is 61.3 cm³/mol. The average molecular weight is 244 g/mol. The number of rotatable bonds is 3. The quantitative estimate of drug-likeness (QED) is 0.887. The highest BCUT2D eigenvalue weighted by Crippen LogP contribution is 2.35. The average Bonchev–Trinajstić information content (AvgIpc) is 2.91. The SMILES string of the molecule is NC1(C(=O)Cc2cc(Cl)ccc2Cl)CC1. The van der Waals surface area contributed by atoms with Gasteiger partial charge in [0.25, 0.3) is 0 Å². The van der Waals surface area contributed by atoms with E-state index in [2.05, 4.69) is 0 Å². The summed E-state index contributed by atoms with van der Waals surface area (Å²) in [4.78, 5) is 11.7. The molecule has 0 aromatic heterocycles. The highest BCUT2D eigenvalue weighted by molar-refractivity contribution is 6.33. The first kappa shape index (κ1) is 10.9. The summed E-state index contributed by atoms with van der Waals surface area (Å²) in [5.41, 5.74) is 5.96. The normalized spacial score (nSPS) is 17.5. The summed E-state index contributed by atoms with van der Waals surface area (Å²) in [5.74, 6) is 0.0478. The summed E-state index contributed by atoms with van der Waals surface area (Å²) < 4.78 is 0. The van der Waals surface area contributed by atoms with Gasteiger partial charge in [0.05, 0.1) is 5.54 Å². The molecule has 0 unspecified atom stereocenters. The van der Waals surface area contributed by atoms with Gasteiger partial charge in [-0.3, -0.25) is 4.79 Å². The van der Waals surface area contributed by atoms with E-state index in [1.54, 1.807) is 18.2 Å². The Bertz CT molecular complexity index is 413. The Labute approximate surface area is 98.4 Å². The van der Waals surface area contributed by atoms with Gasteiger partial charge in [0.15, 0.2) is 5.78 Å². The van der Waals surface area contributed by atoms with Crippen LogP contribution in [0.5, 0.6) is 0 Å². The molecule has 0 atom stereocenters. The number of benzene rings is 1. The van der Waals surface area contributed by atoms with Crippen molar-refractivity contribution in [3.8, 4) is 0 Å². The Balaban J connectivity index is 2.16. The fraction of sp³-hybridized carbons (Fsp3) is 0.364. The van der Waals surface area contributed by atoms with E-state index in [1.165, 1.54) is 0 Å². The lowest BCUT2D eigenvalue weighted by Gasteiger charge is -2.08. The molecule has 80 valence electrons. The van der Waals surface area contributed by atoms with E-state index in [4.69, 9.17) is 28.9 Å². The second kappa shape index (κ2) is 3.78. The Hall–Kier alpha value is -0.570. The van der Waals surface area contributed by atoms with Crippen LogP contribution in [0.15, 0.2) is 18.2 Å². The lowest BCUT2D eigenvalue weighted by atomic mass is 10.0. The van der Waals surface area contributed by atoms with Crippen molar-refractivity contribution in [1.29, 1.82) is 0 Å². The van der Waals surface area contributed by atoms with Crippen LogP contribution >= 0.6 is 23.2 Å². The fourth-order valence-corrected chi connectivity index (χ4v) is 1.82. The lowest BCUT2D eigenvalue weighted by Crippen LogP contribution is -2.34. The topological polar surface area (TPSA) is 43.1 Å². The van der Waals surface area contributed by atoms with Gasteiger partial charge >= 0.3 is 0 Å². The third-order valence-electron chi connectivity index (χ3n) is 2.70. The van der Waals surface area contributed by atoms with Crippen molar-refractivity contribution in [1.82, 2.24) is 0 Å². The van der Waals surface area contributed by atoms with Gasteiger partial charge in [-0.2, -0.15) is 0 Å². The minimum absolute atomic E-state index is 0.0478. The van der Waals surface area contributed by atoms with Crippen LogP contribution in [0, 0.1) is 0 Å². The molecule has 0 amide bonds. The Kier molecular flexibility index (Phi) is 2.75. The van der Waals surface area contributed by atoms with Crippen molar-refractivity contribution in [3.63, 3.8) is 0 Å². The van der Waals surface area contributed by atoms with E-state index < -0.39 is 5.54 Å². The van der Waals surface area contributed by atoms with Gasteiger partial charge in [-0.1, -0.05) is 23.2 Å². The molecule has 0 radical (unpaired) electrons. The highest BCUT2D eigenvalue weighted by Gasteiger charge is 2.45. The van der Waals surface area contributed by atoms with Gasteiger partial charge in [-0.05, 0) is 36.6 Å². The van der Waals surface area contributed by atoms with Crippen molar-refractivity contribution in [2.45, 2.75) is 24.8 Å². The Morgan fingerprint density at radius 3 is 2.67 bits per heavy atom. The van der Waals surface area contributed by atoms with E-state index in [9.17, 15) is 4.79 Å². The summed E-state index contributed by atoms with van der Waals surface area (Å²) >= 11 is 11.8. The Morgan fingerprint density at radius 1 is 1.40 bits per heavy atom. The van der Waals surface area contributed by atoms with Crippen molar-refractivity contribution in [2.75, 3.05) is 0 Å². The summed E-state index contributed by atoms with van der Waals surface area (Å²) in [5, 5.41) is 1.15. The Morgan fingerprint density at radius 2 is 2.07 bits per heavy atom. The third-order valence-corrected chi connectivity index (χ3v) is 3.31. The maximum atomic E-state index is 11.7. The molecule has 0 heterocycles. The summed E-state index contributed by atoms with van der Waals surface area (Å²) in [6.07, 6.45) is 1.84. The number of carbonyl (C=O) groups excluding carboxylic acids is 1. The minimum atomic E-state index is -0.592. The zero-order valence-electron chi connectivity index (χ0n) is 8.09. The summed E-state index contributed by atoms with van der Waals surface area (Å²) in [6.45, 7) is 0. The molecule has 2 nitrogen and oxygen atoms in total. The number of hydrogen-bond donors (Lipinski definition) is 1. The van der Waals surface area contributed by atoms with Gasteiger partial charge < -0.3 is 5.73 Å². The van der Waals surface area contributed by atoms with Crippen LogP contribution in [0.1, 0.15) is 18.4 Å². The maximum absolute atomic E-state index is 11.7. The first-order valence-electron chi connectivity index (χ1n) is 4.77. The third kappa shape index (κ3) is 2.33. The first-order chi connectivity index (χ1) is 7.01. The van der Waals surface area contributed by atoms with Crippen molar-refractivity contribution < 1.29 is 4.79 Å². The molecule has 1 fully saturated rings. The van der Waals surface area contributed by atoms with Crippen LogP contribution in [0.2, 0.25) is 10.0 Å². The molecule has 0 aliphatic heterocycles. The van der Waals surface area contributed by atoms with Crippen molar-refractivity contribution >= 4 is 29.0 Å². The molecule has 1 aliphatic carbocycles. The largest absolute Gasteiger partial charge is 0.319 e. The van der Waals surface area contributed by atoms with Gasteiger partial charge in [0.2, 0.25) is 0 Å². The smallest absolute Gasteiger partial charge is 0.157 e. The molecule has 2 N–H and O–H groups in total. The molecular formula is C11H11Cl2NO. The molecule has 0 spiro atoms. The molecule has 0 saturated heterocycles. The van der Waals surface area contributed by atoms with Crippen molar-refractivity contribution in [2.24, 2.45) is 5.73 Å². The van der Waals surface area contributed by atoms with Crippen molar-refractivity contribution in [3.05, 3.63) is 33.8 Å². The number of ketones is 1. The highest BCUT2D eigenvalue weighted by atomic mass is 35.5. The number of nitrogens with two attached hydrogens (primary N) is 1. The molecule has 1 aromatic rings. The van der Waals surface area contributed by atoms with E-state index in [1.807, 2.05) is 0 Å². The predicted octanol–water partition coefficient (Wildman–Crippen LogP) is 2.60. The van der Waals surface area contributed by atoms with E-state index in [-0.39, 0.29) is 12.2 Å².